The summed E-state index contributed by atoms with van der Waals surface area (Å²) in [5, 5.41) is 6.19. The Bertz CT molecular complexity index is 1230. The Labute approximate surface area is 193 Å². The molecule has 4 rings (SSSR count). The number of anilines is 4. The maximum atomic E-state index is 12.6. The van der Waals surface area contributed by atoms with E-state index in [1.165, 1.54) is 0 Å². The van der Waals surface area contributed by atoms with Gasteiger partial charge in [-0.2, -0.15) is 0 Å². The third kappa shape index (κ3) is 6.53. The number of amides is 1. The van der Waals surface area contributed by atoms with Crippen molar-refractivity contribution in [1.82, 2.24) is 4.98 Å². The van der Waals surface area contributed by atoms with Gasteiger partial charge in [0, 0.05) is 36.7 Å². The number of nitrogens with zero attached hydrogens (tertiary/aromatic N) is 1. The largest absolute Gasteiger partial charge is 0.381 e. The third-order valence-corrected chi connectivity index (χ3v) is 5.84. The molecule has 1 aliphatic rings. The summed E-state index contributed by atoms with van der Waals surface area (Å²) in [6.45, 7) is 1.17. The first-order chi connectivity index (χ1) is 15.9. The number of pyridine rings is 1. The molecule has 1 saturated heterocycles. The molecule has 0 saturated carbocycles. The normalized spacial score (nSPS) is 14.5. The minimum Gasteiger partial charge on any atom is -0.381 e. The molecule has 9 heteroatoms. The van der Waals surface area contributed by atoms with Crippen molar-refractivity contribution < 1.29 is 17.9 Å². The van der Waals surface area contributed by atoms with Crippen LogP contribution in [-0.2, 0) is 19.6 Å². The van der Waals surface area contributed by atoms with E-state index in [2.05, 4.69) is 20.3 Å². The fourth-order valence-electron chi connectivity index (χ4n) is 3.69. The molecule has 0 bridgehead atoms. The zero-order valence-corrected chi connectivity index (χ0v) is 19.1. The van der Waals surface area contributed by atoms with Crippen molar-refractivity contribution in [1.29, 1.82) is 0 Å². The molecule has 8 nitrogen and oxygen atoms in total. The van der Waals surface area contributed by atoms with Crippen LogP contribution in [0, 0.1) is 5.92 Å². The van der Waals surface area contributed by atoms with Crippen molar-refractivity contribution in [3.8, 4) is 11.1 Å². The number of nitrogens with one attached hydrogen (secondary N) is 3. The monoisotopic (exact) mass is 466 g/mol. The minimum atomic E-state index is -3.46. The van der Waals surface area contributed by atoms with E-state index in [4.69, 9.17) is 4.74 Å². The van der Waals surface area contributed by atoms with Crippen LogP contribution in [0.2, 0.25) is 0 Å². The predicted molar refractivity (Wildman–Crippen MR) is 130 cm³/mol. The Morgan fingerprint density at radius 1 is 0.939 bits per heavy atom. The highest BCUT2D eigenvalue weighted by atomic mass is 32.2. The first-order valence-corrected chi connectivity index (χ1v) is 12.5. The van der Waals surface area contributed by atoms with Crippen molar-refractivity contribution in [2.45, 2.75) is 12.8 Å². The van der Waals surface area contributed by atoms with E-state index in [0.29, 0.717) is 37.6 Å². The number of ether oxygens (including phenoxy) is 1. The molecule has 1 fully saturated rings. The first-order valence-electron chi connectivity index (χ1n) is 10.7. The fourth-order valence-corrected chi connectivity index (χ4v) is 4.24. The lowest BCUT2D eigenvalue weighted by Crippen LogP contribution is -2.28. The molecule has 1 amide bonds. The second-order valence-electron chi connectivity index (χ2n) is 7.97. The quantitative estimate of drug-likeness (QED) is 0.481. The number of rotatable bonds is 7. The topological polar surface area (TPSA) is 109 Å². The zero-order chi connectivity index (χ0) is 23.3. The number of hydrogen-bond donors (Lipinski definition) is 3. The lowest BCUT2D eigenvalue weighted by molar-refractivity contribution is -0.122. The van der Waals surface area contributed by atoms with Gasteiger partial charge in [-0.05, 0) is 66.4 Å². The molecule has 33 heavy (non-hydrogen) atoms. The highest BCUT2D eigenvalue weighted by Gasteiger charge is 2.22. The Balaban J connectivity index is 1.62. The first kappa shape index (κ1) is 22.8. The van der Waals surface area contributed by atoms with Crippen LogP contribution in [0.25, 0.3) is 11.1 Å². The molecule has 0 radical (unpaired) electrons. The summed E-state index contributed by atoms with van der Waals surface area (Å²) in [7, 11) is -3.46. The second kappa shape index (κ2) is 10.0. The molecular formula is C24H26N4O4S. The van der Waals surface area contributed by atoms with Crippen LogP contribution >= 0.6 is 0 Å². The molecule has 1 aromatic heterocycles. The van der Waals surface area contributed by atoms with E-state index in [9.17, 15) is 13.2 Å². The summed E-state index contributed by atoms with van der Waals surface area (Å²) in [6.07, 6.45) is 4.12. The highest BCUT2D eigenvalue weighted by molar-refractivity contribution is 7.92. The predicted octanol–water partition coefficient (Wildman–Crippen LogP) is 4.23. The standard InChI is InChI=1S/C24H26N4O4S/c1-33(30,31)28-22-14-19(13-21(16-22)26-20-5-3-2-4-6-20)18-7-10-25-23(15-18)27-24(29)17-8-11-32-12-9-17/h2-7,10,13-17,26,28H,8-9,11-12H2,1H3,(H,25,27,29). The maximum Gasteiger partial charge on any atom is 0.229 e. The Morgan fingerprint density at radius 3 is 2.39 bits per heavy atom. The molecule has 2 heterocycles. The van der Waals surface area contributed by atoms with Crippen molar-refractivity contribution in [3.05, 3.63) is 66.9 Å². The Morgan fingerprint density at radius 2 is 1.67 bits per heavy atom. The summed E-state index contributed by atoms with van der Waals surface area (Å²) >= 11 is 0. The van der Waals surface area contributed by atoms with Crippen molar-refractivity contribution in [2.24, 2.45) is 5.92 Å². The smallest absolute Gasteiger partial charge is 0.229 e. The van der Waals surface area contributed by atoms with E-state index >= 15 is 0 Å². The molecular weight excluding hydrogens is 440 g/mol. The Hall–Kier alpha value is -3.43. The van der Waals surface area contributed by atoms with Gasteiger partial charge in [-0.1, -0.05) is 18.2 Å². The lowest BCUT2D eigenvalue weighted by atomic mass is 9.99. The van der Waals surface area contributed by atoms with Crippen LogP contribution in [0.1, 0.15) is 12.8 Å². The number of sulfonamides is 1. The van der Waals surface area contributed by atoms with E-state index in [1.54, 1.807) is 24.4 Å². The summed E-state index contributed by atoms with van der Waals surface area (Å²) in [5.41, 5.74) is 3.58. The number of benzene rings is 2. The van der Waals surface area contributed by atoms with Gasteiger partial charge in [-0.25, -0.2) is 13.4 Å². The fraction of sp³-hybridized carbons (Fsp3) is 0.250. The van der Waals surface area contributed by atoms with Gasteiger partial charge in [-0.3, -0.25) is 9.52 Å². The number of aromatic nitrogens is 1. The number of hydrogen-bond acceptors (Lipinski definition) is 6. The second-order valence-corrected chi connectivity index (χ2v) is 9.72. The molecule has 2 aromatic carbocycles. The van der Waals surface area contributed by atoms with Gasteiger partial charge in [0.2, 0.25) is 15.9 Å². The minimum absolute atomic E-state index is 0.0677. The number of carbonyl (C=O) groups is 1. The average Bonchev–Trinajstić information content (AvgIpc) is 2.79. The van der Waals surface area contributed by atoms with Crippen LogP contribution in [0.4, 0.5) is 22.9 Å². The maximum absolute atomic E-state index is 12.6. The van der Waals surface area contributed by atoms with Gasteiger partial charge in [0.05, 0.1) is 11.9 Å². The van der Waals surface area contributed by atoms with E-state index in [-0.39, 0.29) is 11.8 Å². The molecule has 3 N–H and O–H groups in total. The van der Waals surface area contributed by atoms with Crippen molar-refractivity contribution >= 4 is 38.8 Å². The van der Waals surface area contributed by atoms with Gasteiger partial charge < -0.3 is 15.4 Å². The number of para-hydroxylation sites is 1. The van der Waals surface area contributed by atoms with Gasteiger partial charge in [0.1, 0.15) is 5.82 Å². The molecule has 3 aromatic rings. The molecule has 1 aliphatic heterocycles. The molecule has 0 aliphatic carbocycles. The SMILES string of the molecule is CS(=O)(=O)Nc1cc(Nc2ccccc2)cc(-c2ccnc(NC(=O)C3CCOCC3)c2)c1. The average molecular weight is 467 g/mol. The molecule has 0 spiro atoms. The van der Waals surface area contributed by atoms with Crippen LogP contribution in [0.15, 0.2) is 66.9 Å². The van der Waals surface area contributed by atoms with E-state index in [0.717, 1.165) is 28.8 Å². The van der Waals surface area contributed by atoms with Crippen LogP contribution in [0.3, 0.4) is 0 Å². The van der Waals surface area contributed by atoms with Gasteiger partial charge >= 0.3 is 0 Å². The lowest BCUT2D eigenvalue weighted by Gasteiger charge is -2.21. The van der Waals surface area contributed by atoms with Gasteiger partial charge in [-0.15, -0.1) is 0 Å². The third-order valence-electron chi connectivity index (χ3n) is 5.24. The van der Waals surface area contributed by atoms with Crippen molar-refractivity contribution in [2.75, 3.05) is 34.8 Å². The van der Waals surface area contributed by atoms with Gasteiger partial charge in [0.15, 0.2) is 0 Å². The molecule has 0 atom stereocenters. The van der Waals surface area contributed by atoms with Crippen LogP contribution < -0.4 is 15.4 Å². The summed E-state index contributed by atoms with van der Waals surface area (Å²) in [4.78, 5) is 16.9. The van der Waals surface area contributed by atoms with E-state index in [1.807, 2.05) is 42.5 Å². The van der Waals surface area contributed by atoms with Gasteiger partial charge in [0.25, 0.3) is 0 Å². The van der Waals surface area contributed by atoms with E-state index < -0.39 is 10.0 Å². The summed E-state index contributed by atoms with van der Waals surface area (Å²) < 4.78 is 31.6. The summed E-state index contributed by atoms with van der Waals surface area (Å²) in [5.74, 6) is 0.290. The van der Waals surface area contributed by atoms with Crippen LogP contribution in [-0.4, -0.2) is 38.8 Å². The van der Waals surface area contributed by atoms with Crippen LogP contribution in [0.5, 0.6) is 0 Å². The molecule has 172 valence electrons. The summed E-state index contributed by atoms with van der Waals surface area (Å²) in [6, 6.07) is 18.6. The number of carbonyl (C=O) groups excluding carboxylic acids is 1. The zero-order valence-electron chi connectivity index (χ0n) is 18.2. The Kier molecular flexibility index (Phi) is 6.90. The van der Waals surface area contributed by atoms with Crippen molar-refractivity contribution in [3.63, 3.8) is 0 Å². The highest BCUT2D eigenvalue weighted by Crippen LogP contribution is 2.30. The molecule has 0 unspecified atom stereocenters.